The first-order valence-electron chi connectivity index (χ1n) is 11.0. The van der Waals surface area contributed by atoms with Crippen LogP contribution in [0.2, 0.25) is 0 Å². The van der Waals surface area contributed by atoms with Crippen LogP contribution in [0.1, 0.15) is 36.5 Å². The number of likely N-dealkylation sites (tertiary alicyclic amines) is 1. The van der Waals surface area contributed by atoms with Crippen LogP contribution in [0.4, 0.5) is 0 Å². The lowest BCUT2D eigenvalue weighted by atomic mass is 10.1. The van der Waals surface area contributed by atoms with Crippen LogP contribution in [0.5, 0.6) is 0 Å². The molecule has 9 nitrogen and oxygen atoms in total. The second-order valence-corrected chi connectivity index (χ2v) is 10.5. The van der Waals surface area contributed by atoms with Crippen molar-refractivity contribution in [2.75, 3.05) is 59.4 Å². The zero-order valence-electron chi connectivity index (χ0n) is 18.8. The summed E-state index contributed by atoms with van der Waals surface area (Å²) in [7, 11) is -2.47. The van der Waals surface area contributed by atoms with Crippen LogP contribution in [0.25, 0.3) is 0 Å². The van der Waals surface area contributed by atoms with Gasteiger partial charge in [-0.3, -0.25) is 19.3 Å². The lowest BCUT2D eigenvalue weighted by Crippen LogP contribution is -2.53. The van der Waals surface area contributed by atoms with E-state index in [1.54, 1.807) is 4.90 Å². The van der Waals surface area contributed by atoms with Gasteiger partial charge in [-0.15, -0.1) is 0 Å². The van der Waals surface area contributed by atoms with Crippen molar-refractivity contribution in [1.82, 2.24) is 19.0 Å². The Kier molecular flexibility index (Phi) is 8.02. The Morgan fingerprint density at radius 3 is 1.97 bits per heavy atom. The van der Waals surface area contributed by atoms with Gasteiger partial charge in [-0.05, 0) is 38.3 Å². The molecule has 32 heavy (non-hydrogen) atoms. The number of amides is 2. The minimum Gasteiger partial charge on any atom is -0.342 e. The number of ketones is 1. The van der Waals surface area contributed by atoms with E-state index in [-0.39, 0.29) is 29.0 Å². The Balaban J connectivity index is 1.49. The third-order valence-corrected chi connectivity index (χ3v) is 7.94. The maximum atomic E-state index is 12.8. The SMILES string of the molecule is CC(=O)c1ccc(S(=O)(=O)N(C)CC(=O)N2CCN(CC(=O)N3CCCCC3)CC2)cc1. The highest BCUT2D eigenvalue weighted by atomic mass is 32.2. The van der Waals surface area contributed by atoms with E-state index in [0.29, 0.717) is 38.3 Å². The molecule has 0 unspecified atom stereocenters. The first-order chi connectivity index (χ1) is 15.2. The molecule has 1 aromatic carbocycles. The van der Waals surface area contributed by atoms with Crippen LogP contribution in [-0.4, -0.2) is 104 Å². The lowest BCUT2D eigenvalue weighted by molar-refractivity contribution is -0.135. The number of Topliss-reactive ketones (excluding diaryl/α,β-unsaturated/α-hetero) is 1. The summed E-state index contributed by atoms with van der Waals surface area (Å²) >= 11 is 0. The average Bonchev–Trinajstić information content (AvgIpc) is 2.80. The van der Waals surface area contributed by atoms with Gasteiger partial charge in [0.05, 0.1) is 18.0 Å². The van der Waals surface area contributed by atoms with Crippen LogP contribution < -0.4 is 0 Å². The van der Waals surface area contributed by atoms with Gasteiger partial charge in [-0.2, -0.15) is 4.31 Å². The molecule has 0 aliphatic carbocycles. The summed E-state index contributed by atoms with van der Waals surface area (Å²) in [5, 5.41) is 0. The quantitative estimate of drug-likeness (QED) is 0.550. The van der Waals surface area contributed by atoms with Crippen LogP contribution in [0, 0.1) is 0 Å². The number of nitrogens with zero attached hydrogens (tertiary/aromatic N) is 4. The molecule has 2 aliphatic rings. The van der Waals surface area contributed by atoms with Crippen LogP contribution in [0.3, 0.4) is 0 Å². The number of piperazine rings is 1. The molecule has 2 aliphatic heterocycles. The first-order valence-corrected chi connectivity index (χ1v) is 12.5. The van der Waals surface area contributed by atoms with E-state index in [4.69, 9.17) is 0 Å². The topological polar surface area (TPSA) is 98.3 Å². The van der Waals surface area contributed by atoms with Gasteiger partial charge in [0.15, 0.2) is 5.78 Å². The van der Waals surface area contributed by atoms with Crippen molar-refractivity contribution in [1.29, 1.82) is 0 Å². The van der Waals surface area contributed by atoms with E-state index in [0.717, 1.165) is 30.2 Å². The molecule has 3 rings (SSSR count). The minimum atomic E-state index is -3.84. The van der Waals surface area contributed by atoms with Gasteiger partial charge in [0.2, 0.25) is 21.8 Å². The highest BCUT2D eigenvalue weighted by molar-refractivity contribution is 7.89. The molecule has 176 valence electrons. The Morgan fingerprint density at radius 1 is 0.844 bits per heavy atom. The highest BCUT2D eigenvalue weighted by Gasteiger charge is 2.28. The van der Waals surface area contributed by atoms with Crippen LogP contribution >= 0.6 is 0 Å². The number of sulfonamides is 1. The van der Waals surface area contributed by atoms with Crippen molar-refractivity contribution in [3.63, 3.8) is 0 Å². The maximum absolute atomic E-state index is 12.8. The molecule has 2 saturated heterocycles. The van der Waals surface area contributed by atoms with Gasteiger partial charge in [0, 0.05) is 51.9 Å². The molecule has 10 heteroatoms. The smallest absolute Gasteiger partial charge is 0.243 e. The summed E-state index contributed by atoms with van der Waals surface area (Å²) in [4.78, 5) is 42.2. The Labute approximate surface area is 190 Å². The number of likely N-dealkylation sites (N-methyl/N-ethyl adjacent to an activating group) is 1. The number of hydrogen-bond acceptors (Lipinski definition) is 6. The summed E-state index contributed by atoms with van der Waals surface area (Å²) < 4.78 is 26.6. The van der Waals surface area contributed by atoms with Crippen LogP contribution in [0.15, 0.2) is 29.2 Å². The van der Waals surface area contributed by atoms with Gasteiger partial charge in [-0.25, -0.2) is 8.42 Å². The first kappa shape index (κ1) is 24.3. The Bertz CT molecular complexity index is 934. The largest absolute Gasteiger partial charge is 0.342 e. The van der Waals surface area contributed by atoms with Gasteiger partial charge < -0.3 is 9.80 Å². The monoisotopic (exact) mass is 464 g/mol. The molecular weight excluding hydrogens is 432 g/mol. The molecule has 2 fully saturated rings. The van der Waals surface area contributed by atoms with E-state index in [1.807, 2.05) is 4.90 Å². The van der Waals surface area contributed by atoms with E-state index < -0.39 is 10.0 Å². The van der Waals surface area contributed by atoms with Crippen molar-refractivity contribution < 1.29 is 22.8 Å². The summed E-state index contributed by atoms with van der Waals surface area (Å²) in [6, 6.07) is 5.70. The van der Waals surface area contributed by atoms with E-state index in [9.17, 15) is 22.8 Å². The van der Waals surface area contributed by atoms with Gasteiger partial charge in [0.1, 0.15) is 0 Å². The average molecular weight is 465 g/mol. The number of benzene rings is 1. The molecule has 0 atom stereocenters. The molecule has 2 amide bonds. The van der Waals surface area contributed by atoms with Crippen LogP contribution in [-0.2, 0) is 19.6 Å². The fraction of sp³-hybridized carbons (Fsp3) is 0.591. The number of piperidine rings is 1. The summed E-state index contributed by atoms with van der Waals surface area (Å²) in [5.41, 5.74) is 0.430. The second-order valence-electron chi connectivity index (χ2n) is 8.44. The summed E-state index contributed by atoms with van der Waals surface area (Å²) in [6.45, 7) is 5.29. The van der Waals surface area contributed by atoms with Crippen molar-refractivity contribution >= 4 is 27.6 Å². The minimum absolute atomic E-state index is 0.0406. The molecular formula is C22H32N4O5S. The van der Waals surface area contributed by atoms with Crippen molar-refractivity contribution in [3.05, 3.63) is 29.8 Å². The van der Waals surface area contributed by atoms with E-state index in [2.05, 4.69) is 4.90 Å². The normalized spacial score (nSPS) is 18.1. The standard InChI is InChI=1S/C22H32N4O5S/c1-18(27)19-6-8-20(9-7-19)32(30,31)23(2)16-21(28)26-14-12-24(13-15-26)17-22(29)25-10-4-3-5-11-25/h6-9H,3-5,10-17H2,1-2H3. The molecule has 0 radical (unpaired) electrons. The summed E-state index contributed by atoms with van der Waals surface area (Å²) in [5.74, 6) is -0.265. The fourth-order valence-electron chi connectivity index (χ4n) is 4.01. The number of rotatable bonds is 7. The molecule has 0 aromatic heterocycles. The number of carbonyl (C=O) groups excluding carboxylic acids is 3. The fourth-order valence-corrected chi connectivity index (χ4v) is 5.13. The number of carbonyl (C=O) groups is 3. The van der Waals surface area contributed by atoms with Gasteiger partial charge in [-0.1, -0.05) is 12.1 Å². The van der Waals surface area contributed by atoms with Crippen molar-refractivity contribution in [3.8, 4) is 0 Å². The highest BCUT2D eigenvalue weighted by Crippen LogP contribution is 2.16. The van der Waals surface area contributed by atoms with Crippen molar-refractivity contribution in [2.24, 2.45) is 0 Å². The maximum Gasteiger partial charge on any atom is 0.243 e. The van der Waals surface area contributed by atoms with Gasteiger partial charge >= 0.3 is 0 Å². The molecule has 0 N–H and O–H groups in total. The molecule has 0 saturated carbocycles. The molecule has 1 aromatic rings. The third-order valence-electron chi connectivity index (χ3n) is 6.12. The third kappa shape index (κ3) is 5.93. The predicted molar refractivity (Wildman–Crippen MR) is 120 cm³/mol. The zero-order chi connectivity index (χ0) is 23.3. The molecule has 0 spiro atoms. The Morgan fingerprint density at radius 2 is 1.41 bits per heavy atom. The summed E-state index contributed by atoms with van der Waals surface area (Å²) in [6.07, 6.45) is 3.30. The Hall–Kier alpha value is -2.30. The predicted octanol–water partition coefficient (Wildman–Crippen LogP) is 0.666. The van der Waals surface area contributed by atoms with Gasteiger partial charge in [0.25, 0.3) is 0 Å². The lowest BCUT2D eigenvalue weighted by Gasteiger charge is -2.36. The van der Waals surface area contributed by atoms with Crippen molar-refractivity contribution in [2.45, 2.75) is 31.1 Å². The van der Waals surface area contributed by atoms with E-state index in [1.165, 1.54) is 44.7 Å². The second kappa shape index (κ2) is 10.5. The number of hydrogen-bond donors (Lipinski definition) is 0. The molecule has 0 bridgehead atoms. The zero-order valence-corrected chi connectivity index (χ0v) is 19.6. The molecule has 2 heterocycles. The van der Waals surface area contributed by atoms with E-state index >= 15 is 0 Å².